The quantitative estimate of drug-likeness (QED) is 0.654. The highest BCUT2D eigenvalue weighted by molar-refractivity contribution is 4.69. The molecule has 0 spiro atoms. The summed E-state index contributed by atoms with van der Waals surface area (Å²) >= 11 is 0. The first-order valence-electron chi connectivity index (χ1n) is 3.55. The molecule has 0 saturated heterocycles. The van der Waals surface area contributed by atoms with Crippen molar-refractivity contribution in [2.24, 2.45) is 0 Å². The molecule has 0 saturated carbocycles. The summed E-state index contributed by atoms with van der Waals surface area (Å²) in [7, 11) is 0. The first-order valence-corrected chi connectivity index (χ1v) is 3.55. The Balaban J connectivity index is 4.00. The molecule has 0 aromatic carbocycles. The molecule has 0 radical (unpaired) electrons. The Bertz CT molecular complexity index is 172. The minimum Gasteiger partial charge on any atom is -0.316 e. The molecule has 0 rings (SSSR count). The molecule has 0 bridgehead atoms. The van der Waals surface area contributed by atoms with E-state index in [2.05, 4.69) is 4.74 Å². The summed E-state index contributed by atoms with van der Waals surface area (Å²) in [5, 5.41) is 0. The van der Waals surface area contributed by atoms with Crippen LogP contribution >= 0.6 is 0 Å². The van der Waals surface area contributed by atoms with Crippen LogP contribution in [0.15, 0.2) is 0 Å². The molecule has 15 heavy (non-hydrogen) atoms. The van der Waals surface area contributed by atoms with Gasteiger partial charge in [0.2, 0.25) is 0 Å². The molecule has 0 heterocycles. The summed E-state index contributed by atoms with van der Waals surface area (Å²) in [6.07, 6.45) is -14.9. The van der Waals surface area contributed by atoms with Gasteiger partial charge in [-0.3, -0.25) is 0 Å². The lowest BCUT2D eigenvalue weighted by Crippen LogP contribution is -2.34. The van der Waals surface area contributed by atoms with Crippen molar-refractivity contribution in [3.63, 3.8) is 0 Å². The van der Waals surface area contributed by atoms with E-state index in [1.165, 1.54) is 0 Å². The SMILES string of the molecule is FC(F)C(F)(F)CCOC(F)(F)C(F)F. The van der Waals surface area contributed by atoms with Crippen LogP contribution in [0.3, 0.4) is 0 Å². The zero-order chi connectivity index (χ0) is 12.3. The molecule has 0 atom stereocenters. The van der Waals surface area contributed by atoms with Gasteiger partial charge in [-0.25, -0.2) is 26.3 Å². The summed E-state index contributed by atoms with van der Waals surface area (Å²) in [6.45, 7) is -1.59. The number of hydrogen-bond donors (Lipinski definition) is 0. The van der Waals surface area contributed by atoms with Crippen LogP contribution in [0, 0.1) is 0 Å². The number of halogens is 8. The van der Waals surface area contributed by atoms with Gasteiger partial charge in [0, 0.05) is 6.42 Å². The van der Waals surface area contributed by atoms with Gasteiger partial charge >= 0.3 is 24.9 Å². The summed E-state index contributed by atoms with van der Waals surface area (Å²) in [5.74, 6) is -4.53. The molecular formula is C6H6F8O. The van der Waals surface area contributed by atoms with Gasteiger partial charge in [-0.05, 0) is 0 Å². The Labute approximate surface area is 79.0 Å². The highest BCUT2D eigenvalue weighted by Gasteiger charge is 2.45. The number of rotatable bonds is 6. The fourth-order valence-electron chi connectivity index (χ4n) is 0.495. The lowest BCUT2D eigenvalue weighted by atomic mass is 10.2. The number of ether oxygens (including phenoxy) is 1. The molecule has 0 fully saturated rings. The molecular weight excluding hydrogens is 240 g/mol. The third-order valence-corrected chi connectivity index (χ3v) is 1.30. The number of alkyl halides is 8. The molecule has 0 N–H and O–H groups in total. The molecule has 0 aliphatic rings. The standard InChI is InChI=1S/C6H6F8O/c7-3(8)5(11,12)1-2-15-6(13,14)4(9)10/h3-4H,1-2H2. The zero-order valence-electron chi connectivity index (χ0n) is 7.00. The molecule has 0 amide bonds. The minimum atomic E-state index is -4.90. The van der Waals surface area contributed by atoms with Gasteiger partial charge in [-0.1, -0.05) is 0 Å². The van der Waals surface area contributed by atoms with Crippen molar-refractivity contribution in [2.45, 2.75) is 31.3 Å². The maximum atomic E-state index is 12.1. The van der Waals surface area contributed by atoms with Gasteiger partial charge in [-0.2, -0.15) is 8.78 Å². The Hall–Kier alpha value is -0.600. The van der Waals surface area contributed by atoms with Crippen molar-refractivity contribution in [3.05, 3.63) is 0 Å². The van der Waals surface area contributed by atoms with E-state index in [0.717, 1.165) is 0 Å². The smallest absolute Gasteiger partial charge is 0.316 e. The minimum absolute atomic E-state index is 1.59. The van der Waals surface area contributed by atoms with E-state index in [1.54, 1.807) is 0 Å². The second-order valence-electron chi connectivity index (χ2n) is 2.52. The van der Waals surface area contributed by atoms with E-state index in [0.29, 0.717) is 0 Å². The lowest BCUT2D eigenvalue weighted by molar-refractivity contribution is -0.305. The van der Waals surface area contributed by atoms with Crippen LogP contribution in [0.4, 0.5) is 35.1 Å². The zero-order valence-corrected chi connectivity index (χ0v) is 7.00. The van der Waals surface area contributed by atoms with Gasteiger partial charge in [0.25, 0.3) is 0 Å². The van der Waals surface area contributed by atoms with Crippen LogP contribution in [-0.4, -0.2) is 31.5 Å². The van der Waals surface area contributed by atoms with Gasteiger partial charge in [0.15, 0.2) is 0 Å². The third-order valence-electron chi connectivity index (χ3n) is 1.30. The maximum Gasteiger partial charge on any atom is 0.416 e. The average Bonchev–Trinajstić information content (AvgIpc) is 2.02. The van der Waals surface area contributed by atoms with Crippen LogP contribution in [0.25, 0.3) is 0 Å². The predicted molar refractivity (Wildman–Crippen MR) is 32.5 cm³/mol. The van der Waals surface area contributed by atoms with E-state index in [9.17, 15) is 35.1 Å². The van der Waals surface area contributed by atoms with Gasteiger partial charge in [-0.15, -0.1) is 0 Å². The number of hydrogen-bond acceptors (Lipinski definition) is 1. The van der Waals surface area contributed by atoms with E-state index < -0.39 is 37.9 Å². The van der Waals surface area contributed by atoms with Crippen molar-refractivity contribution in [3.8, 4) is 0 Å². The maximum absolute atomic E-state index is 12.1. The Morgan fingerprint density at radius 3 is 1.67 bits per heavy atom. The van der Waals surface area contributed by atoms with Crippen molar-refractivity contribution in [1.82, 2.24) is 0 Å². The van der Waals surface area contributed by atoms with E-state index in [1.807, 2.05) is 0 Å². The van der Waals surface area contributed by atoms with Gasteiger partial charge in [0.1, 0.15) is 0 Å². The Morgan fingerprint density at radius 2 is 1.33 bits per heavy atom. The Kier molecular flexibility index (Phi) is 4.75. The van der Waals surface area contributed by atoms with E-state index in [-0.39, 0.29) is 0 Å². The van der Waals surface area contributed by atoms with Crippen LogP contribution in [0.5, 0.6) is 0 Å². The second kappa shape index (κ2) is 4.95. The van der Waals surface area contributed by atoms with Crippen LogP contribution in [0.2, 0.25) is 0 Å². The highest BCUT2D eigenvalue weighted by Crippen LogP contribution is 2.29. The van der Waals surface area contributed by atoms with Crippen molar-refractivity contribution in [2.75, 3.05) is 6.61 Å². The summed E-state index contributed by atoms with van der Waals surface area (Å²) < 4.78 is 96.7. The molecule has 0 aliphatic carbocycles. The fourth-order valence-corrected chi connectivity index (χ4v) is 0.495. The molecule has 0 aliphatic heterocycles. The molecule has 0 unspecified atom stereocenters. The molecule has 92 valence electrons. The Morgan fingerprint density at radius 1 is 0.867 bits per heavy atom. The summed E-state index contributed by atoms with van der Waals surface area (Å²) in [5.41, 5.74) is 0. The van der Waals surface area contributed by atoms with E-state index in [4.69, 9.17) is 0 Å². The lowest BCUT2D eigenvalue weighted by Gasteiger charge is -2.18. The molecule has 0 aromatic rings. The van der Waals surface area contributed by atoms with Crippen molar-refractivity contribution >= 4 is 0 Å². The molecule has 1 nitrogen and oxygen atoms in total. The van der Waals surface area contributed by atoms with E-state index >= 15 is 0 Å². The first-order chi connectivity index (χ1) is 6.59. The molecule has 9 heteroatoms. The monoisotopic (exact) mass is 246 g/mol. The topological polar surface area (TPSA) is 9.23 Å². The average molecular weight is 246 g/mol. The normalized spacial score (nSPS) is 14.0. The first kappa shape index (κ1) is 14.4. The van der Waals surface area contributed by atoms with Gasteiger partial charge < -0.3 is 4.74 Å². The van der Waals surface area contributed by atoms with Crippen molar-refractivity contribution < 1.29 is 39.9 Å². The van der Waals surface area contributed by atoms with Crippen LogP contribution < -0.4 is 0 Å². The van der Waals surface area contributed by atoms with Crippen LogP contribution in [-0.2, 0) is 4.74 Å². The molecule has 0 aromatic heterocycles. The highest BCUT2D eigenvalue weighted by atomic mass is 19.3. The van der Waals surface area contributed by atoms with Gasteiger partial charge in [0.05, 0.1) is 6.61 Å². The third kappa shape index (κ3) is 4.63. The predicted octanol–water partition coefficient (Wildman–Crippen LogP) is 3.15. The fraction of sp³-hybridized carbons (Fsp3) is 1.00. The van der Waals surface area contributed by atoms with Crippen LogP contribution in [0.1, 0.15) is 6.42 Å². The summed E-state index contributed by atoms with van der Waals surface area (Å²) in [4.78, 5) is 0. The van der Waals surface area contributed by atoms with Crippen molar-refractivity contribution in [1.29, 1.82) is 0 Å². The second-order valence-corrected chi connectivity index (χ2v) is 2.52. The summed E-state index contributed by atoms with van der Waals surface area (Å²) in [6, 6.07) is 0. The largest absolute Gasteiger partial charge is 0.416 e.